The zero-order valence-corrected chi connectivity index (χ0v) is 13.9. The maximum absolute atomic E-state index is 12.3. The van der Waals surface area contributed by atoms with Crippen molar-refractivity contribution in [1.29, 1.82) is 0 Å². The zero-order chi connectivity index (χ0) is 16.5. The van der Waals surface area contributed by atoms with Gasteiger partial charge in [-0.2, -0.15) is 0 Å². The fourth-order valence-electron chi connectivity index (χ4n) is 1.82. The smallest absolute Gasteiger partial charge is 0.401 e. The third kappa shape index (κ3) is 3.45. The topological polar surface area (TPSA) is 76.6 Å². The number of carbonyl (C=O) groups is 1. The van der Waals surface area contributed by atoms with Crippen molar-refractivity contribution in [2.45, 2.75) is 26.3 Å². The van der Waals surface area contributed by atoms with Gasteiger partial charge in [-0.25, -0.2) is 0 Å². The van der Waals surface area contributed by atoms with Crippen molar-refractivity contribution in [2.75, 3.05) is 0 Å². The van der Waals surface area contributed by atoms with Crippen LogP contribution in [0, 0.1) is 10.1 Å². The van der Waals surface area contributed by atoms with Gasteiger partial charge >= 0.3 is 5.88 Å². The molecule has 116 valence electrons. The van der Waals surface area contributed by atoms with Gasteiger partial charge in [-0.1, -0.05) is 30.1 Å². The Kier molecular flexibility index (Phi) is 4.52. The van der Waals surface area contributed by atoms with Crippen LogP contribution in [0.15, 0.2) is 33.6 Å². The summed E-state index contributed by atoms with van der Waals surface area (Å²) in [6.07, 6.45) is 4.79. The second-order valence-corrected chi connectivity index (χ2v) is 7.18. The summed E-state index contributed by atoms with van der Waals surface area (Å²) < 4.78 is 5.51. The summed E-state index contributed by atoms with van der Waals surface area (Å²) in [7, 11) is 0. The maximum Gasteiger partial charge on any atom is 0.433 e. The predicted octanol–water partition coefficient (Wildman–Crippen LogP) is 3.74. The first-order valence-corrected chi connectivity index (χ1v) is 7.61. The van der Waals surface area contributed by atoms with Crippen LogP contribution >= 0.6 is 24.0 Å². The van der Waals surface area contributed by atoms with Gasteiger partial charge in [0.05, 0.1) is 11.0 Å². The minimum absolute atomic E-state index is 0.141. The average Bonchev–Trinajstić information content (AvgIpc) is 2.94. The van der Waals surface area contributed by atoms with Crippen LogP contribution in [0.3, 0.4) is 0 Å². The molecule has 1 aromatic heterocycles. The van der Waals surface area contributed by atoms with E-state index >= 15 is 0 Å². The highest BCUT2D eigenvalue weighted by Gasteiger charge is 2.38. The first kappa shape index (κ1) is 16.4. The lowest BCUT2D eigenvalue weighted by Gasteiger charge is -2.30. The summed E-state index contributed by atoms with van der Waals surface area (Å²) in [6, 6.07) is 2.77. The molecule has 2 rings (SSSR count). The van der Waals surface area contributed by atoms with E-state index in [0.717, 1.165) is 0 Å². The van der Waals surface area contributed by atoms with Gasteiger partial charge in [0.2, 0.25) is 0 Å². The van der Waals surface area contributed by atoms with E-state index in [9.17, 15) is 14.9 Å². The molecule has 1 aromatic rings. The Bertz CT molecular complexity index is 698. The highest BCUT2D eigenvalue weighted by atomic mass is 32.2. The lowest BCUT2D eigenvalue weighted by Crippen LogP contribution is -2.44. The van der Waals surface area contributed by atoms with Crippen LogP contribution in [0.1, 0.15) is 26.5 Å². The number of allylic oxidation sites excluding steroid dienone is 2. The van der Waals surface area contributed by atoms with E-state index in [1.807, 2.05) is 20.8 Å². The molecule has 1 aliphatic heterocycles. The molecular weight excluding hydrogens is 324 g/mol. The van der Waals surface area contributed by atoms with Crippen LogP contribution in [-0.2, 0) is 4.79 Å². The third-order valence-corrected chi connectivity index (χ3v) is 4.09. The van der Waals surface area contributed by atoms with Gasteiger partial charge in [0.25, 0.3) is 5.91 Å². The van der Waals surface area contributed by atoms with E-state index in [4.69, 9.17) is 16.6 Å². The summed E-state index contributed by atoms with van der Waals surface area (Å²) in [5.41, 5.74) is -0.373. The van der Waals surface area contributed by atoms with Gasteiger partial charge in [0, 0.05) is 5.54 Å². The van der Waals surface area contributed by atoms with E-state index in [2.05, 4.69) is 0 Å². The summed E-state index contributed by atoms with van der Waals surface area (Å²) >= 11 is 6.46. The molecule has 0 atom stereocenters. The second-order valence-electron chi connectivity index (χ2n) is 5.50. The number of carbonyl (C=O) groups excluding carboxylic acids is 1. The van der Waals surface area contributed by atoms with Crippen molar-refractivity contribution in [3.05, 3.63) is 45.1 Å². The van der Waals surface area contributed by atoms with Gasteiger partial charge < -0.3 is 4.42 Å². The maximum atomic E-state index is 12.3. The SMILES string of the molecule is CC(C)(C)N1C(=O)/C(=C\C=C\c2ccc([N+](=O)[O-])o2)SC1=S. The number of rotatable bonds is 3. The van der Waals surface area contributed by atoms with Crippen LogP contribution in [0.2, 0.25) is 0 Å². The number of thioether (sulfide) groups is 1. The molecule has 0 radical (unpaired) electrons. The van der Waals surface area contributed by atoms with Crippen LogP contribution in [0.4, 0.5) is 5.88 Å². The molecule has 1 aliphatic rings. The van der Waals surface area contributed by atoms with Crippen molar-refractivity contribution in [1.82, 2.24) is 4.90 Å². The third-order valence-electron chi connectivity index (χ3n) is 2.77. The van der Waals surface area contributed by atoms with Gasteiger partial charge in [-0.05, 0) is 39.0 Å². The first-order chi connectivity index (χ1) is 10.2. The number of hydrogen-bond acceptors (Lipinski definition) is 6. The zero-order valence-electron chi connectivity index (χ0n) is 12.2. The first-order valence-electron chi connectivity index (χ1n) is 6.39. The van der Waals surface area contributed by atoms with Gasteiger partial charge in [-0.3, -0.25) is 19.8 Å². The standard InChI is InChI=1S/C14H14N2O4S2/c1-14(2,3)15-12(17)10(22-13(15)21)6-4-5-9-7-8-11(20-9)16(18)19/h4-8H,1-3H3/b5-4+,10-6+. The highest BCUT2D eigenvalue weighted by molar-refractivity contribution is 8.26. The summed E-state index contributed by atoms with van der Waals surface area (Å²) in [5.74, 6) is -0.120. The molecule has 0 aliphatic carbocycles. The quantitative estimate of drug-likeness (QED) is 0.362. The van der Waals surface area contributed by atoms with Crippen LogP contribution in [0.25, 0.3) is 6.08 Å². The minimum atomic E-state index is -0.605. The van der Waals surface area contributed by atoms with Crippen molar-refractivity contribution in [3.8, 4) is 0 Å². The Balaban J connectivity index is 2.13. The number of furan rings is 1. The van der Waals surface area contributed by atoms with Crippen LogP contribution < -0.4 is 0 Å². The Morgan fingerprint density at radius 1 is 1.41 bits per heavy atom. The molecule has 0 N–H and O–H groups in total. The Morgan fingerprint density at radius 2 is 2.09 bits per heavy atom. The lowest BCUT2D eigenvalue weighted by atomic mass is 10.1. The van der Waals surface area contributed by atoms with Gasteiger partial charge in [0.15, 0.2) is 0 Å². The lowest BCUT2D eigenvalue weighted by molar-refractivity contribution is -0.402. The summed E-state index contributed by atoms with van der Waals surface area (Å²) in [6.45, 7) is 5.75. The van der Waals surface area contributed by atoms with Crippen molar-refractivity contribution >= 4 is 46.2 Å². The number of hydrogen-bond donors (Lipinski definition) is 0. The van der Waals surface area contributed by atoms with Crippen molar-refractivity contribution in [3.63, 3.8) is 0 Å². The molecule has 1 fully saturated rings. The molecule has 22 heavy (non-hydrogen) atoms. The van der Waals surface area contributed by atoms with Crippen LogP contribution in [-0.4, -0.2) is 25.6 Å². The number of nitrogens with zero attached hydrogens (tertiary/aromatic N) is 2. The van der Waals surface area contributed by atoms with E-state index in [-0.39, 0.29) is 17.3 Å². The molecule has 2 heterocycles. The predicted molar refractivity (Wildman–Crippen MR) is 89.3 cm³/mol. The Labute approximate surface area is 137 Å². The molecule has 6 nitrogen and oxygen atoms in total. The number of nitro groups is 1. The molecule has 0 spiro atoms. The minimum Gasteiger partial charge on any atom is -0.401 e. The monoisotopic (exact) mass is 338 g/mol. The molecule has 1 saturated heterocycles. The number of thiocarbonyl (C=S) groups is 1. The van der Waals surface area contributed by atoms with Crippen molar-refractivity contribution < 1.29 is 14.1 Å². The van der Waals surface area contributed by atoms with E-state index in [1.54, 1.807) is 23.1 Å². The van der Waals surface area contributed by atoms with E-state index in [1.165, 1.54) is 23.9 Å². The number of amides is 1. The Morgan fingerprint density at radius 3 is 2.59 bits per heavy atom. The van der Waals surface area contributed by atoms with Crippen molar-refractivity contribution in [2.24, 2.45) is 0 Å². The van der Waals surface area contributed by atoms with E-state index < -0.39 is 4.92 Å². The molecule has 0 bridgehead atoms. The molecule has 0 saturated carbocycles. The molecular formula is C14H14N2O4S2. The second kappa shape index (κ2) is 6.05. The molecule has 0 unspecified atom stereocenters. The molecule has 0 aromatic carbocycles. The van der Waals surface area contributed by atoms with Gasteiger partial charge in [0.1, 0.15) is 15.0 Å². The fraction of sp³-hybridized carbons (Fsp3) is 0.286. The molecule has 1 amide bonds. The normalized spacial score (nSPS) is 18.0. The summed E-state index contributed by atoms with van der Waals surface area (Å²) in [5, 5.41) is 10.5. The van der Waals surface area contributed by atoms with Crippen LogP contribution in [0.5, 0.6) is 0 Å². The Hall–Kier alpha value is -1.93. The largest absolute Gasteiger partial charge is 0.433 e. The van der Waals surface area contributed by atoms with Gasteiger partial charge in [-0.15, -0.1) is 0 Å². The fourth-order valence-corrected chi connectivity index (χ4v) is 3.41. The highest BCUT2D eigenvalue weighted by Crippen LogP contribution is 2.35. The molecule has 8 heteroatoms. The summed E-state index contributed by atoms with van der Waals surface area (Å²) in [4.78, 5) is 24.3. The van der Waals surface area contributed by atoms with E-state index in [0.29, 0.717) is 15.0 Å². The average molecular weight is 338 g/mol.